The van der Waals surface area contributed by atoms with Crippen LogP contribution in [0.2, 0.25) is 0 Å². The number of hydrogen-bond donors (Lipinski definition) is 0. The molecule has 0 N–H and O–H groups in total. The molecule has 2 aromatic rings. The molecule has 4 nitrogen and oxygen atoms in total. The fourth-order valence-electron chi connectivity index (χ4n) is 1.62. The van der Waals surface area contributed by atoms with Crippen LogP contribution in [0.5, 0.6) is 5.75 Å². The summed E-state index contributed by atoms with van der Waals surface area (Å²) in [6.07, 6.45) is 3.48. The third-order valence-corrected chi connectivity index (χ3v) is 2.91. The lowest BCUT2D eigenvalue weighted by atomic mass is 10.2. The Morgan fingerprint density at radius 1 is 1.28 bits per heavy atom. The number of rotatable bonds is 4. The van der Waals surface area contributed by atoms with Gasteiger partial charge < -0.3 is 9.64 Å². The van der Waals surface area contributed by atoms with E-state index >= 15 is 0 Å². The van der Waals surface area contributed by atoms with Gasteiger partial charge in [-0.3, -0.25) is 0 Å². The van der Waals surface area contributed by atoms with Gasteiger partial charge in [-0.25, -0.2) is 9.97 Å². The molecule has 0 radical (unpaired) electrons. The molecule has 0 atom stereocenters. The maximum Gasteiger partial charge on any atom is 0.225 e. The van der Waals surface area contributed by atoms with Crippen LogP contribution in [0.3, 0.4) is 0 Å². The molecule has 0 amide bonds. The van der Waals surface area contributed by atoms with Crippen molar-refractivity contribution in [3.05, 3.63) is 46.7 Å². The van der Waals surface area contributed by atoms with Crippen LogP contribution in [-0.4, -0.2) is 24.1 Å². The van der Waals surface area contributed by atoms with Crippen LogP contribution in [0.15, 0.2) is 41.1 Å². The van der Waals surface area contributed by atoms with Gasteiger partial charge >= 0.3 is 0 Å². The van der Waals surface area contributed by atoms with E-state index < -0.39 is 0 Å². The Morgan fingerprint density at radius 2 is 2.00 bits per heavy atom. The van der Waals surface area contributed by atoms with E-state index in [9.17, 15) is 0 Å². The standard InChI is InChI=1S/C13H14BrN3O/c1-17(13-15-7-11(14)8-16-13)9-10-4-3-5-12(6-10)18-2/h3-8H,9H2,1-2H3. The molecule has 18 heavy (non-hydrogen) atoms. The Bertz CT molecular complexity index is 516. The molecule has 0 spiro atoms. The maximum atomic E-state index is 5.20. The first kappa shape index (κ1) is 12.8. The molecule has 1 heterocycles. The molecular formula is C13H14BrN3O. The van der Waals surface area contributed by atoms with Crippen molar-refractivity contribution in [3.8, 4) is 5.75 Å². The lowest BCUT2D eigenvalue weighted by Gasteiger charge is -2.17. The minimum atomic E-state index is 0.695. The van der Waals surface area contributed by atoms with Gasteiger partial charge in [0.15, 0.2) is 0 Å². The van der Waals surface area contributed by atoms with E-state index in [1.807, 2.05) is 30.1 Å². The Kier molecular flexibility index (Phi) is 4.15. The third-order valence-electron chi connectivity index (χ3n) is 2.50. The molecule has 0 unspecified atom stereocenters. The highest BCUT2D eigenvalue weighted by Gasteiger charge is 2.05. The molecule has 0 saturated carbocycles. The lowest BCUT2D eigenvalue weighted by molar-refractivity contribution is 0.414. The number of anilines is 1. The summed E-state index contributed by atoms with van der Waals surface area (Å²) in [6.45, 7) is 0.735. The van der Waals surface area contributed by atoms with Crippen LogP contribution >= 0.6 is 15.9 Å². The molecule has 0 fully saturated rings. The van der Waals surface area contributed by atoms with Gasteiger partial charge in [0.05, 0.1) is 11.6 Å². The number of aromatic nitrogens is 2. The van der Waals surface area contributed by atoms with E-state index in [0.717, 1.165) is 22.3 Å². The second-order valence-electron chi connectivity index (χ2n) is 3.91. The Morgan fingerprint density at radius 3 is 2.67 bits per heavy atom. The van der Waals surface area contributed by atoms with Gasteiger partial charge in [0.2, 0.25) is 5.95 Å². The van der Waals surface area contributed by atoms with Gasteiger partial charge in [-0.2, -0.15) is 0 Å². The minimum absolute atomic E-state index is 0.695. The number of hydrogen-bond acceptors (Lipinski definition) is 4. The highest BCUT2D eigenvalue weighted by atomic mass is 79.9. The van der Waals surface area contributed by atoms with Crippen LogP contribution in [-0.2, 0) is 6.54 Å². The number of nitrogens with zero attached hydrogens (tertiary/aromatic N) is 3. The van der Waals surface area contributed by atoms with Crippen molar-refractivity contribution in [2.75, 3.05) is 19.1 Å². The van der Waals surface area contributed by atoms with E-state index in [1.165, 1.54) is 0 Å². The average Bonchev–Trinajstić information content (AvgIpc) is 2.39. The van der Waals surface area contributed by atoms with Crippen LogP contribution in [0.4, 0.5) is 5.95 Å². The number of methoxy groups -OCH3 is 1. The quantitative estimate of drug-likeness (QED) is 0.870. The van der Waals surface area contributed by atoms with Crippen molar-refractivity contribution < 1.29 is 4.74 Å². The molecule has 1 aromatic carbocycles. The second-order valence-corrected chi connectivity index (χ2v) is 4.82. The Balaban J connectivity index is 2.10. The number of ether oxygens (including phenoxy) is 1. The summed E-state index contributed by atoms with van der Waals surface area (Å²) in [5.74, 6) is 1.55. The average molecular weight is 308 g/mol. The second kappa shape index (κ2) is 5.82. The first-order chi connectivity index (χ1) is 8.69. The summed E-state index contributed by atoms with van der Waals surface area (Å²) in [4.78, 5) is 10.5. The van der Waals surface area contributed by atoms with Crippen molar-refractivity contribution in [2.45, 2.75) is 6.54 Å². The summed E-state index contributed by atoms with van der Waals surface area (Å²) in [6, 6.07) is 7.97. The molecule has 94 valence electrons. The van der Waals surface area contributed by atoms with Crippen LogP contribution < -0.4 is 9.64 Å². The molecule has 1 aromatic heterocycles. The summed E-state index contributed by atoms with van der Waals surface area (Å²) in [7, 11) is 3.63. The van der Waals surface area contributed by atoms with Crippen molar-refractivity contribution in [1.82, 2.24) is 9.97 Å². The molecule has 5 heteroatoms. The Labute approximate surface area is 115 Å². The largest absolute Gasteiger partial charge is 0.497 e. The van der Waals surface area contributed by atoms with Crippen LogP contribution in [0, 0.1) is 0 Å². The first-order valence-electron chi connectivity index (χ1n) is 5.50. The summed E-state index contributed by atoms with van der Waals surface area (Å²) >= 11 is 3.32. The van der Waals surface area contributed by atoms with Crippen molar-refractivity contribution >= 4 is 21.9 Å². The molecule has 0 saturated heterocycles. The van der Waals surface area contributed by atoms with E-state index in [0.29, 0.717) is 5.95 Å². The third kappa shape index (κ3) is 3.20. The highest BCUT2D eigenvalue weighted by Crippen LogP contribution is 2.16. The fourth-order valence-corrected chi connectivity index (χ4v) is 1.82. The van der Waals surface area contributed by atoms with E-state index in [2.05, 4.69) is 32.0 Å². The number of benzene rings is 1. The predicted molar refractivity (Wildman–Crippen MR) is 74.8 cm³/mol. The summed E-state index contributed by atoms with van der Waals surface area (Å²) in [5, 5.41) is 0. The molecule has 0 bridgehead atoms. The predicted octanol–water partition coefficient (Wildman–Crippen LogP) is 2.88. The van der Waals surface area contributed by atoms with E-state index in [1.54, 1.807) is 19.5 Å². The van der Waals surface area contributed by atoms with Crippen molar-refractivity contribution in [3.63, 3.8) is 0 Å². The van der Waals surface area contributed by atoms with E-state index in [-0.39, 0.29) is 0 Å². The monoisotopic (exact) mass is 307 g/mol. The Hall–Kier alpha value is -1.62. The molecular weight excluding hydrogens is 294 g/mol. The van der Waals surface area contributed by atoms with Gasteiger partial charge in [-0.15, -0.1) is 0 Å². The highest BCUT2D eigenvalue weighted by molar-refractivity contribution is 9.10. The van der Waals surface area contributed by atoms with Crippen LogP contribution in [0.1, 0.15) is 5.56 Å². The van der Waals surface area contributed by atoms with Gasteiger partial charge in [0.1, 0.15) is 5.75 Å². The zero-order valence-corrected chi connectivity index (χ0v) is 11.9. The SMILES string of the molecule is COc1cccc(CN(C)c2ncc(Br)cn2)c1. The molecule has 0 aliphatic rings. The zero-order valence-electron chi connectivity index (χ0n) is 10.3. The van der Waals surface area contributed by atoms with Crippen molar-refractivity contribution in [2.24, 2.45) is 0 Å². The molecule has 0 aliphatic heterocycles. The van der Waals surface area contributed by atoms with Crippen LogP contribution in [0.25, 0.3) is 0 Å². The maximum absolute atomic E-state index is 5.20. The van der Waals surface area contributed by atoms with Gasteiger partial charge in [-0.05, 0) is 33.6 Å². The molecule has 0 aliphatic carbocycles. The summed E-state index contributed by atoms with van der Waals surface area (Å²) in [5.41, 5.74) is 1.16. The number of halogens is 1. The fraction of sp³-hybridized carbons (Fsp3) is 0.231. The normalized spacial score (nSPS) is 10.2. The van der Waals surface area contributed by atoms with Crippen molar-refractivity contribution in [1.29, 1.82) is 0 Å². The topological polar surface area (TPSA) is 38.2 Å². The van der Waals surface area contributed by atoms with Gasteiger partial charge in [0.25, 0.3) is 0 Å². The smallest absolute Gasteiger partial charge is 0.225 e. The first-order valence-corrected chi connectivity index (χ1v) is 6.30. The minimum Gasteiger partial charge on any atom is -0.497 e. The zero-order chi connectivity index (χ0) is 13.0. The molecule has 2 rings (SSSR count). The summed E-state index contributed by atoms with van der Waals surface area (Å²) < 4.78 is 6.08. The van der Waals surface area contributed by atoms with Gasteiger partial charge in [0, 0.05) is 26.0 Å². The lowest BCUT2D eigenvalue weighted by Crippen LogP contribution is -2.18. The van der Waals surface area contributed by atoms with E-state index in [4.69, 9.17) is 4.74 Å². The van der Waals surface area contributed by atoms with Gasteiger partial charge in [-0.1, -0.05) is 12.1 Å².